The summed E-state index contributed by atoms with van der Waals surface area (Å²) in [5, 5.41) is 9.90. The van der Waals surface area contributed by atoms with Gasteiger partial charge < -0.3 is 10.6 Å². The molecular formula is C22H31N5O2S. The molecular weight excluding hydrogens is 398 g/mol. The number of unbranched alkanes of at least 4 members (excludes halogenated alkanes) is 1. The van der Waals surface area contributed by atoms with Crippen LogP contribution < -0.4 is 10.6 Å². The molecule has 4 rings (SSSR count). The maximum Gasteiger partial charge on any atom is 0.233 e. The van der Waals surface area contributed by atoms with E-state index in [4.69, 9.17) is 0 Å². The molecule has 4 unspecified atom stereocenters. The molecule has 1 saturated heterocycles. The smallest absolute Gasteiger partial charge is 0.233 e. The molecule has 1 aliphatic heterocycles. The third-order valence-electron chi connectivity index (χ3n) is 6.41. The molecule has 8 heteroatoms. The van der Waals surface area contributed by atoms with Gasteiger partial charge in [0, 0.05) is 37.8 Å². The normalized spacial score (nSPS) is 27.3. The number of aromatic nitrogens is 1. The predicted molar refractivity (Wildman–Crippen MR) is 118 cm³/mol. The lowest BCUT2D eigenvalue weighted by molar-refractivity contribution is -0.140. The number of nitrogens with one attached hydrogen (secondary N) is 2. The van der Waals surface area contributed by atoms with Crippen LogP contribution in [0, 0.1) is 30.6 Å². The highest BCUT2D eigenvalue weighted by atomic mass is 32.1. The number of nitrogens with zero attached hydrogens (tertiary/aromatic N) is 3. The Balaban J connectivity index is 1.11. The van der Waals surface area contributed by atoms with E-state index in [1.807, 2.05) is 6.92 Å². The number of guanidine groups is 1. The van der Waals surface area contributed by atoms with Crippen molar-refractivity contribution in [2.45, 2.75) is 39.0 Å². The quantitative estimate of drug-likeness (QED) is 0.206. The minimum Gasteiger partial charge on any atom is -0.356 e. The van der Waals surface area contributed by atoms with Crippen LogP contribution in [0.5, 0.6) is 0 Å². The second kappa shape index (κ2) is 9.29. The maximum absolute atomic E-state index is 12.7. The second-order valence-corrected chi connectivity index (χ2v) is 9.39. The van der Waals surface area contributed by atoms with E-state index in [9.17, 15) is 9.59 Å². The summed E-state index contributed by atoms with van der Waals surface area (Å²) in [6.45, 7) is 4.04. The molecule has 1 aromatic rings. The van der Waals surface area contributed by atoms with Crippen LogP contribution in [0.25, 0.3) is 0 Å². The first-order chi connectivity index (χ1) is 14.6. The average Bonchev–Trinajstić information content (AvgIpc) is 3.50. The van der Waals surface area contributed by atoms with E-state index >= 15 is 0 Å². The van der Waals surface area contributed by atoms with E-state index in [-0.39, 0.29) is 35.5 Å². The van der Waals surface area contributed by atoms with Gasteiger partial charge in [0.1, 0.15) is 0 Å². The van der Waals surface area contributed by atoms with Crippen molar-refractivity contribution >= 4 is 29.1 Å². The molecule has 2 bridgehead atoms. The number of carbonyl (C=O) groups excluding carboxylic acids is 2. The van der Waals surface area contributed by atoms with Crippen molar-refractivity contribution in [2.75, 3.05) is 26.7 Å². The molecule has 0 aromatic carbocycles. The largest absolute Gasteiger partial charge is 0.356 e. The molecule has 2 fully saturated rings. The fourth-order valence-corrected chi connectivity index (χ4v) is 5.79. The number of rotatable bonds is 9. The summed E-state index contributed by atoms with van der Waals surface area (Å²) in [5.74, 6) is 1.22. The van der Waals surface area contributed by atoms with Crippen molar-refractivity contribution < 1.29 is 9.59 Å². The summed E-state index contributed by atoms with van der Waals surface area (Å²) < 4.78 is 0. The van der Waals surface area contributed by atoms with Crippen LogP contribution in [0.15, 0.2) is 22.5 Å². The van der Waals surface area contributed by atoms with E-state index in [2.05, 4.69) is 38.1 Å². The van der Waals surface area contributed by atoms with E-state index in [0.29, 0.717) is 13.1 Å². The van der Waals surface area contributed by atoms with Gasteiger partial charge in [-0.1, -0.05) is 12.2 Å². The summed E-state index contributed by atoms with van der Waals surface area (Å²) in [7, 11) is 1.76. The molecule has 1 aromatic heterocycles. The zero-order valence-corrected chi connectivity index (χ0v) is 18.6. The van der Waals surface area contributed by atoms with E-state index < -0.39 is 0 Å². The van der Waals surface area contributed by atoms with E-state index in [1.54, 1.807) is 18.4 Å². The lowest BCUT2D eigenvalue weighted by Gasteiger charge is -2.18. The number of hydrogen-bond acceptors (Lipinski definition) is 5. The fourth-order valence-electron chi connectivity index (χ4n) is 4.97. The number of hydrogen-bond donors (Lipinski definition) is 2. The summed E-state index contributed by atoms with van der Waals surface area (Å²) in [6.07, 6.45) is 9.14. The third kappa shape index (κ3) is 4.29. The van der Waals surface area contributed by atoms with Crippen molar-refractivity contribution in [3.8, 4) is 0 Å². The summed E-state index contributed by atoms with van der Waals surface area (Å²) >= 11 is 1.73. The Hall–Kier alpha value is -2.22. The van der Waals surface area contributed by atoms with E-state index in [0.717, 1.165) is 50.3 Å². The number of fused-ring (bicyclic) bond motifs is 5. The first kappa shape index (κ1) is 21.0. The van der Waals surface area contributed by atoms with Crippen molar-refractivity contribution in [3.63, 3.8) is 0 Å². The van der Waals surface area contributed by atoms with Gasteiger partial charge >= 0.3 is 0 Å². The average molecular weight is 430 g/mol. The highest BCUT2D eigenvalue weighted by Gasteiger charge is 2.58. The minimum atomic E-state index is -0.0943. The Morgan fingerprint density at radius 3 is 2.40 bits per heavy atom. The van der Waals surface area contributed by atoms with Gasteiger partial charge in [-0.15, -0.1) is 11.3 Å². The van der Waals surface area contributed by atoms with Crippen molar-refractivity contribution in [1.29, 1.82) is 0 Å². The predicted octanol–water partition coefficient (Wildman–Crippen LogP) is 2.14. The molecule has 0 radical (unpaired) electrons. The van der Waals surface area contributed by atoms with Crippen LogP contribution in [-0.2, 0) is 16.0 Å². The lowest BCUT2D eigenvalue weighted by Crippen LogP contribution is -2.40. The van der Waals surface area contributed by atoms with Gasteiger partial charge in [-0.05, 0) is 50.9 Å². The number of amides is 2. The van der Waals surface area contributed by atoms with Gasteiger partial charge in [-0.25, -0.2) is 4.98 Å². The van der Waals surface area contributed by atoms with Crippen molar-refractivity contribution in [3.05, 3.63) is 28.2 Å². The van der Waals surface area contributed by atoms with Gasteiger partial charge in [0.2, 0.25) is 11.8 Å². The first-order valence-electron chi connectivity index (χ1n) is 11.0. The molecule has 30 heavy (non-hydrogen) atoms. The van der Waals surface area contributed by atoms with E-state index in [1.165, 1.54) is 9.91 Å². The molecule has 2 N–H and O–H groups in total. The highest BCUT2D eigenvalue weighted by molar-refractivity contribution is 7.09. The first-order valence-corrected chi connectivity index (χ1v) is 11.9. The van der Waals surface area contributed by atoms with Crippen LogP contribution in [0.3, 0.4) is 0 Å². The van der Waals surface area contributed by atoms with Gasteiger partial charge in [0.05, 0.1) is 16.8 Å². The molecule has 2 aliphatic carbocycles. The van der Waals surface area contributed by atoms with Crippen LogP contribution in [0.2, 0.25) is 0 Å². The molecule has 7 nitrogen and oxygen atoms in total. The van der Waals surface area contributed by atoms with Gasteiger partial charge in [-0.3, -0.25) is 19.5 Å². The molecule has 2 amide bonds. The maximum atomic E-state index is 12.7. The number of thiazole rings is 1. The molecule has 1 saturated carbocycles. The van der Waals surface area contributed by atoms with Crippen LogP contribution in [0.4, 0.5) is 0 Å². The molecule has 162 valence electrons. The Labute approximate surface area is 182 Å². The molecule has 0 spiro atoms. The molecule has 4 atom stereocenters. The van der Waals surface area contributed by atoms with Crippen LogP contribution >= 0.6 is 11.3 Å². The van der Waals surface area contributed by atoms with Gasteiger partial charge in [-0.2, -0.15) is 0 Å². The Morgan fingerprint density at radius 1 is 1.13 bits per heavy atom. The fraction of sp³-hybridized carbons (Fsp3) is 0.636. The standard InChI is InChI=1S/C22H31N5O2S/c1-14-13-30-17(26-14)6-3-4-9-24-22(23-2)25-10-5-11-27-20(28)18-15-7-8-16(12-15)19(18)21(27)29/h7-8,13,15-16,18-19H,3-6,9-12H2,1-2H3,(H2,23,24,25). The third-order valence-corrected chi connectivity index (χ3v) is 7.44. The zero-order chi connectivity index (χ0) is 21.1. The Morgan fingerprint density at radius 2 is 1.80 bits per heavy atom. The highest BCUT2D eigenvalue weighted by Crippen LogP contribution is 2.52. The van der Waals surface area contributed by atoms with Gasteiger partial charge in [0.15, 0.2) is 5.96 Å². The molecule has 2 heterocycles. The number of aliphatic imine (C=N–C) groups is 1. The topological polar surface area (TPSA) is 86.7 Å². The van der Waals surface area contributed by atoms with Gasteiger partial charge in [0.25, 0.3) is 0 Å². The Kier molecular flexibility index (Phi) is 6.51. The lowest BCUT2D eigenvalue weighted by atomic mass is 9.85. The van der Waals surface area contributed by atoms with Crippen LogP contribution in [0.1, 0.15) is 36.4 Å². The number of aryl methyl sites for hydroxylation is 2. The molecule has 3 aliphatic rings. The Bertz CT molecular complexity index is 818. The SMILES string of the molecule is CN=C(NCCCCc1nc(C)cs1)NCCCN1C(=O)C2C3C=CC(C3)C2C1=O. The second-order valence-electron chi connectivity index (χ2n) is 8.45. The zero-order valence-electron chi connectivity index (χ0n) is 17.8. The minimum absolute atomic E-state index is 0.0415. The number of likely N-dealkylation sites (tertiary alicyclic amines) is 1. The monoisotopic (exact) mass is 429 g/mol. The number of carbonyl (C=O) groups is 2. The number of imide groups is 1. The van der Waals surface area contributed by atoms with Crippen molar-refractivity contribution in [1.82, 2.24) is 20.5 Å². The van der Waals surface area contributed by atoms with Crippen LogP contribution in [-0.4, -0.2) is 54.3 Å². The summed E-state index contributed by atoms with van der Waals surface area (Å²) in [5.41, 5.74) is 1.10. The summed E-state index contributed by atoms with van der Waals surface area (Å²) in [4.78, 5) is 35.6. The summed E-state index contributed by atoms with van der Waals surface area (Å²) in [6, 6.07) is 0. The van der Waals surface area contributed by atoms with Crippen molar-refractivity contribution in [2.24, 2.45) is 28.7 Å². The number of allylic oxidation sites excluding steroid dienone is 2.